The Labute approximate surface area is 226 Å². The first-order valence-electron chi connectivity index (χ1n) is 11.3. The van der Waals surface area contributed by atoms with Crippen molar-refractivity contribution in [2.75, 3.05) is 30.9 Å². The molecule has 0 aliphatic carbocycles. The zero-order chi connectivity index (χ0) is 26.4. The number of hydrogen-bond acceptors (Lipinski definition) is 6. The summed E-state index contributed by atoms with van der Waals surface area (Å²) in [6, 6.07) is 19.4. The predicted molar refractivity (Wildman–Crippen MR) is 145 cm³/mol. The highest BCUT2D eigenvalue weighted by Crippen LogP contribution is 2.37. The van der Waals surface area contributed by atoms with Crippen LogP contribution in [0.1, 0.15) is 16.8 Å². The Morgan fingerprint density at radius 1 is 1.00 bits per heavy atom. The van der Waals surface area contributed by atoms with Crippen molar-refractivity contribution in [1.82, 2.24) is 4.90 Å². The summed E-state index contributed by atoms with van der Waals surface area (Å²) in [4.78, 5) is 41.2. The lowest BCUT2D eigenvalue weighted by Gasteiger charge is -2.14. The number of halogens is 2. The molecule has 37 heavy (non-hydrogen) atoms. The van der Waals surface area contributed by atoms with Gasteiger partial charge < -0.3 is 15.4 Å². The third kappa shape index (κ3) is 6.65. The number of carbonyl (C=O) groups excluding carboxylic acids is 3. The van der Waals surface area contributed by atoms with Crippen LogP contribution in [0.2, 0.25) is 0 Å². The van der Waals surface area contributed by atoms with Crippen LogP contribution in [-0.4, -0.2) is 42.9 Å². The van der Waals surface area contributed by atoms with Gasteiger partial charge in [-0.05, 0) is 73.2 Å². The molecule has 0 atom stereocenters. The molecule has 0 radical (unpaired) electrons. The largest absolute Gasteiger partial charge is 0.385 e. The number of ether oxygens (including phenoxy) is 1. The highest BCUT2D eigenvalue weighted by atomic mass is 79.9. The van der Waals surface area contributed by atoms with Gasteiger partial charge in [0.05, 0.1) is 0 Å². The maximum Gasteiger partial charge on any atom is 0.278 e. The van der Waals surface area contributed by atoms with Crippen LogP contribution < -0.4 is 10.6 Å². The van der Waals surface area contributed by atoms with E-state index in [1.165, 1.54) is 29.2 Å². The molecule has 3 aromatic carbocycles. The van der Waals surface area contributed by atoms with Crippen LogP contribution in [0, 0.1) is 5.82 Å². The van der Waals surface area contributed by atoms with E-state index < -0.39 is 23.5 Å². The van der Waals surface area contributed by atoms with Gasteiger partial charge in [-0.2, -0.15) is 0 Å². The van der Waals surface area contributed by atoms with Crippen LogP contribution in [0.5, 0.6) is 0 Å². The molecule has 1 aliphatic rings. The second-order valence-corrected chi connectivity index (χ2v) is 10.0. The lowest BCUT2D eigenvalue weighted by Crippen LogP contribution is -2.33. The quantitative estimate of drug-likeness (QED) is 0.236. The standard InChI is InChI=1S/C27H23BrFN3O4S/c1-36-15-3-14-32-26(34)23(30-20-12-8-18(28)9-13-20)24(27(32)35)37-22-5-2-4-21(16-22)31-25(33)17-6-10-19(29)11-7-17/h2,4-13,16,30H,3,14-15H2,1H3,(H,31,33). The SMILES string of the molecule is COCCCN1C(=O)C(Nc2ccc(Br)cc2)=C(Sc2cccc(NC(=O)c3ccc(F)cc3)c2)C1=O. The van der Waals surface area contributed by atoms with E-state index in [1.54, 1.807) is 43.5 Å². The topological polar surface area (TPSA) is 87.7 Å². The Bertz CT molecular complexity index is 1350. The van der Waals surface area contributed by atoms with Gasteiger partial charge in [0, 0.05) is 46.6 Å². The second-order valence-electron chi connectivity index (χ2n) is 8.04. The Morgan fingerprint density at radius 2 is 1.73 bits per heavy atom. The summed E-state index contributed by atoms with van der Waals surface area (Å²) in [6.07, 6.45) is 0.516. The molecule has 10 heteroatoms. The van der Waals surface area contributed by atoms with E-state index in [1.807, 2.05) is 12.1 Å². The van der Waals surface area contributed by atoms with Crippen molar-refractivity contribution in [1.29, 1.82) is 0 Å². The van der Waals surface area contributed by atoms with E-state index in [0.29, 0.717) is 34.9 Å². The van der Waals surface area contributed by atoms with E-state index in [9.17, 15) is 18.8 Å². The minimum Gasteiger partial charge on any atom is -0.385 e. The Morgan fingerprint density at radius 3 is 2.43 bits per heavy atom. The Kier molecular flexibility index (Phi) is 8.75. The van der Waals surface area contributed by atoms with Crippen LogP contribution >= 0.6 is 27.7 Å². The van der Waals surface area contributed by atoms with Crippen molar-refractivity contribution in [2.45, 2.75) is 11.3 Å². The number of amides is 3. The van der Waals surface area contributed by atoms with Crippen LogP contribution in [0.3, 0.4) is 0 Å². The molecular weight excluding hydrogens is 561 g/mol. The highest BCUT2D eigenvalue weighted by Gasteiger charge is 2.38. The molecule has 0 saturated heterocycles. The summed E-state index contributed by atoms with van der Waals surface area (Å²) >= 11 is 4.53. The molecular formula is C27H23BrFN3O4S. The zero-order valence-electron chi connectivity index (χ0n) is 19.8. The van der Waals surface area contributed by atoms with E-state index in [4.69, 9.17) is 4.74 Å². The average molecular weight is 584 g/mol. The summed E-state index contributed by atoms with van der Waals surface area (Å²) in [5.74, 6) is -1.63. The number of anilines is 2. The fourth-order valence-corrected chi connectivity index (χ4v) is 4.84. The minimum absolute atomic E-state index is 0.190. The molecule has 0 spiro atoms. The highest BCUT2D eigenvalue weighted by molar-refractivity contribution is 9.10. The second kappa shape index (κ2) is 12.2. The summed E-state index contributed by atoms with van der Waals surface area (Å²) in [6.45, 7) is 0.652. The molecule has 3 aromatic rings. The molecule has 2 N–H and O–H groups in total. The van der Waals surface area contributed by atoms with Crippen LogP contribution in [0.4, 0.5) is 15.8 Å². The number of benzene rings is 3. The monoisotopic (exact) mass is 583 g/mol. The minimum atomic E-state index is -0.428. The molecule has 4 rings (SSSR count). The molecule has 0 bridgehead atoms. The Hall–Kier alpha value is -3.47. The van der Waals surface area contributed by atoms with Gasteiger partial charge in [0.25, 0.3) is 17.7 Å². The van der Waals surface area contributed by atoms with Gasteiger partial charge in [-0.15, -0.1) is 0 Å². The Balaban J connectivity index is 1.57. The summed E-state index contributed by atoms with van der Waals surface area (Å²) < 4.78 is 19.1. The zero-order valence-corrected chi connectivity index (χ0v) is 22.2. The number of methoxy groups -OCH3 is 1. The van der Waals surface area contributed by atoms with Gasteiger partial charge in [-0.25, -0.2) is 4.39 Å². The van der Waals surface area contributed by atoms with Crippen molar-refractivity contribution < 1.29 is 23.5 Å². The number of thioether (sulfide) groups is 1. The molecule has 0 saturated carbocycles. The first-order valence-corrected chi connectivity index (χ1v) is 12.9. The van der Waals surface area contributed by atoms with Crippen molar-refractivity contribution in [3.63, 3.8) is 0 Å². The number of nitrogens with zero attached hydrogens (tertiary/aromatic N) is 1. The molecule has 7 nitrogen and oxygen atoms in total. The number of rotatable bonds is 10. The van der Waals surface area contributed by atoms with Crippen molar-refractivity contribution in [2.24, 2.45) is 0 Å². The van der Waals surface area contributed by atoms with Crippen molar-refractivity contribution >= 4 is 56.8 Å². The molecule has 190 valence electrons. The number of hydrogen-bond donors (Lipinski definition) is 2. The van der Waals surface area contributed by atoms with Crippen molar-refractivity contribution in [3.05, 3.63) is 99.3 Å². The van der Waals surface area contributed by atoms with Gasteiger partial charge in [0.15, 0.2) is 0 Å². The number of nitrogens with one attached hydrogen (secondary N) is 2. The third-order valence-corrected chi connectivity index (χ3v) is 6.99. The molecule has 0 unspecified atom stereocenters. The smallest absolute Gasteiger partial charge is 0.278 e. The fourth-order valence-electron chi connectivity index (χ4n) is 3.57. The maximum atomic E-state index is 13.3. The van der Waals surface area contributed by atoms with E-state index in [0.717, 1.165) is 16.2 Å². The molecule has 0 fully saturated rings. The fraction of sp³-hybridized carbons (Fsp3) is 0.148. The normalized spacial score (nSPS) is 13.3. The first-order chi connectivity index (χ1) is 17.9. The maximum absolute atomic E-state index is 13.3. The van der Waals surface area contributed by atoms with Gasteiger partial charge >= 0.3 is 0 Å². The number of carbonyl (C=O) groups is 3. The number of imide groups is 1. The summed E-state index contributed by atoms with van der Waals surface area (Å²) in [7, 11) is 1.56. The third-order valence-electron chi connectivity index (χ3n) is 5.39. The van der Waals surface area contributed by atoms with Gasteiger partial charge in [-0.1, -0.05) is 33.8 Å². The predicted octanol–water partition coefficient (Wildman–Crippen LogP) is 5.66. The molecule has 0 aromatic heterocycles. The lowest BCUT2D eigenvalue weighted by molar-refractivity contribution is -0.137. The molecule has 1 aliphatic heterocycles. The first kappa shape index (κ1) is 26.6. The van der Waals surface area contributed by atoms with Gasteiger partial charge in [-0.3, -0.25) is 19.3 Å². The van der Waals surface area contributed by atoms with Crippen molar-refractivity contribution in [3.8, 4) is 0 Å². The van der Waals surface area contributed by atoms with E-state index >= 15 is 0 Å². The molecule has 1 heterocycles. The average Bonchev–Trinajstić information content (AvgIpc) is 3.10. The van der Waals surface area contributed by atoms with E-state index in [2.05, 4.69) is 26.6 Å². The van der Waals surface area contributed by atoms with Crippen LogP contribution in [0.15, 0.2) is 92.8 Å². The van der Waals surface area contributed by atoms with Crippen LogP contribution in [0.25, 0.3) is 0 Å². The van der Waals surface area contributed by atoms with E-state index in [-0.39, 0.29) is 17.1 Å². The summed E-state index contributed by atoms with van der Waals surface area (Å²) in [5, 5.41) is 5.88. The van der Waals surface area contributed by atoms with Gasteiger partial charge in [0.2, 0.25) is 0 Å². The molecule has 3 amide bonds. The van der Waals surface area contributed by atoms with Crippen LogP contribution in [-0.2, 0) is 14.3 Å². The summed E-state index contributed by atoms with van der Waals surface area (Å²) in [5.41, 5.74) is 1.66. The lowest BCUT2D eigenvalue weighted by atomic mass is 10.2. The van der Waals surface area contributed by atoms with Gasteiger partial charge in [0.1, 0.15) is 16.4 Å².